The summed E-state index contributed by atoms with van der Waals surface area (Å²) < 4.78 is 33.2. The Kier molecular flexibility index (Phi) is 8.05. The molecule has 8 nitrogen and oxygen atoms in total. The first kappa shape index (κ1) is 28.4. The van der Waals surface area contributed by atoms with E-state index in [2.05, 4.69) is 0 Å². The van der Waals surface area contributed by atoms with E-state index < -0.39 is 33.9 Å². The number of esters is 1. The molecule has 0 unspecified atom stereocenters. The number of hydrogen-bond acceptors (Lipinski definition) is 7. The van der Waals surface area contributed by atoms with Gasteiger partial charge in [-0.1, -0.05) is 47.6 Å². The predicted octanol–water partition coefficient (Wildman–Crippen LogP) is 5.70. The van der Waals surface area contributed by atoms with Gasteiger partial charge in [0, 0.05) is 33.5 Å². The highest BCUT2D eigenvalue weighted by Crippen LogP contribution is 2.49. The van der Waals surface area contributed by atoms with Gasteiger partial charge in [-0.25, -0.2) is 8.42 Å². The fourth-order valence-corrected chi connectivity index (χ4v) is 7.55. The third-order valence-electron chi connectivity index (χ3n) is 7.01. The summed E-state index contributed by atoms with van der Waals surface area (Å²) in [7, 11) is -3.82. The normalized spacial score (nSPS) is 16.5. The van der Waals surface area contributed by atoms with Crippen molar-refractivity contribution < 1.29 is 27.5 Å². The van der Waals surface area contributed by atoms with Crippen LogP contribution in [0.3, 0.4) is 0 Å². The highest BCUT2D eigenvalue weighted by molar-refractivity contribution is 7.99. The number of sulfonamides is 1. The van der Waals surface area contributed by atoms with Crippen LogP contribution in [0.2, 0.25) is 5.02 Å². The Morgan fingerprint density at radius 1 is 0.950 bits per heavy atom. The molecule has 1 saturated heterocycles. The molecule has 0 saturated carbocycles. The first-order valence-corrected chi connectivity index (χ1v) is 15.4. The molecule has 11 heteroatoms. The lowest BCUT2D eigenvalue weighted by atomic mass is 9.98. The second-order valence-corrected chi connectivity index (χ2v) is 13.2. The zero-order valence-corrected chi connectivity index (χ0v) is 24.3. The van der Waals surface area contributed by atoms with E-state index in [1.165, 1.54) is 53.0 Å². The summed E-state index contributed by atoms with van der Waals surface area (Å²) >= 11 is 7.78. The molecule has 1 amide bonds. The minimum absolute atomic E-state index is 0.0424. The molecule has 2 aliphatic heterocycles. The largest absolute Gasteiger partial charge is 0.452 e. The van der Waals surface area contributed by atoms with Gasteiger partial charge in [-0.05, 0) is 69.2 Å². The summed E-state index contributed by atoms with van der Waals surface area (Å²) in [5.74, 6) is -1.71. The third kappa shape index (κ3) is 5.54. The van der Waals surface area contributed by atoms with Crippen LogP contribution in [0.5, 0.6) is 0 Å². The standard InChI is InChI=1S/C29H27ClN2O6S2/c1-18(33)21-6-5-7-23(16-21)40(36,37)31-14-12-20(13-15-31)29(35)38-19(2)28(34)32-24-8-3-4-9-26(24)39-27-11-10-22(30)17-25(27)32/h3-11,16-17,19-20H,12-15H2,1-2H3/t19-/m1/s1. The number of nitrogens with zero attached hydrogens (tertiary/aromatic N) is 2. The fourth-order valence-electron chi connectivity index (χ4n) is 4.82. The van der Waals surface area contributed by atoms with E-state index in [9.17, 15) is 22.8 Å². The van der Waals surface area contributed by atoms with Crippen LogP contribution in [0.15, 0.2) is 81.4 Å². The number of amides is 1. The first-order valence-electron chi connectivity index (χ1n) is 12.8. The van der Waals surface area contributed by atoms with Crippen molar-refractivity contribution in [2.45, 2.75) is 47.5 Å². The fraction of sp³-hybridized carbons (Fsp3) is 0.276. The Labute approximate surface area is 242 Å². The maximum absolute atomic E-state index is 13.7. The number of benzene rings is 3. The van der Waals surface area contributed by atoms with E-state index >= 15 is 0 Å². The summed E-state index contributed by atoms with van der Waals surface area (Å²) in [5, 5.41) is 0.482. The SMILES string of the molecule is CC(=O)c1cccc(S(=O)(=O)N2CCC(C(=O)O[C@H](C)C(=O)N3c4ccccc4Sc4ccc(Cl)cc43)CC2)c1. The van der Waals surface area contributed by atoms with Gasteiger partial charge >= 0.3 is 5.97 Å². The molecule has 40 heavy (non-hydrogen) atoms. The molecule has 3 aromatic carbocycles. The van der Waals surface area contributed by atoms with Crippen LogP contribution in [0, 0.1) is 5.92 Å². The van der Waals surface area contributed by atoms with Gasteiger partial charge in [-0.15, -0.1) is 0 Å². The Bertz CT molecular complexity index is 1600. The smallest absolute Gasteiger partial charge is 0.309 e. The maximum Gasteiger partial charge on any atom is 0.309 e. The van der Waals surface area contributed by atoms with Gasteiger partial charge in [0.25, 0.3) is 5.91 Å². The quantitative estimate of drug-likeness (QED) is 0.265. The summed E-state index contributed by atoms with van der Waals surface area (Å²) in [6.45, 7) is 3.16. The van der Waals surface area contributed by atoms with Crippen molar-refractivity contribution in [2.24, 2.45) is 5.92 Å². The van der Waals surface area contributed by atoms with E-state index in [1.54, 1.807) is 18.2 Å². The van der Waals surface area contributed by atoms with Crippen molar-refractivity contribution in [1.29, 1.82) is 0 Å². The molecule has 0 spiro atoms. The number of anilines is 2. The van der Waals surface area contributed by atoms with Crippen molar-refractivity contribution in [3.05, 3.63) is 77.3 Å². The lowest BCUT2D eigenvalue weighted by Crippen LogP contribution is -2.43. The van der Waals surface area contributed by atoms with Crippen LogP contribution in [0.4, 0.5) is 11.4 Å². The highest BCUT2D eigenvalue weighted by atomic mass is 35.5. The number of carbonyl (C=O) groups is 3. The number of halogens is 1. The van der Waals surface area contributed by atoms with Crippen LogP contribution < -0.4 is 4.90 Å². The van der Waals surface area contributed by atoms with Crippen LogP contribution in [-0.2, 0) is 24.3 Å². The lowest BCUT2D eigenvalue weighted by molar-refractivity contribution is -0.158. The molecular weight excluding hydrogens is 572 g/mol. The van der Waals surface area contributed by atoms with Crippen LogP contribution in [0.25, 0.3) is 0 Å². The maximum atomic E-state index is 13.7. The van der Waals surface area contributed by atoms with E-state index in [1.807, 2.05) is 30.3 Å². The van der Waals surface area contributed by atoms with Crippen LogP contribution >= 0.6 is 23.4 Å². The van der Waals surface area contributed by atoms with Gasteiger partial charge in [-0.3, -0.25) is 19.3 Å². The molecule has 2 aliphatic rings. The van der Waals surface area contributed by atoms with Gasteiger partial charge in [0.2, 0.25) is 10.0 Å². The zero-order chi connectivity index (χ0) is 28.6. The minimum Gasteiger partial charge on any atom is -0.452 e. The van der Waals surface area contributed by atoms with Gasteiger partial charge in [-0.2, -0.15) is 4.31 Å². The minimum atomic E-state index is -3.82. The van der Waals surface area contributed by atoms with E-state index in [0.717, 1.165) is 9.79 Å². The molecule has 1 fully saturated rings. The number of carbonyl (C=O) groups excluding carboxylic acids is 3. The van der Waals surface area contributed by atoms with Crippen molar-refractivity contribution in [1.82, 2.24) is 4.31 Å². The average molecular weight is 599 g/mol. The molecular formula is C29H27ClN2O6S2. The Balaban J connectivity index is 1.26. The molecule has 1 atom stereocenters. The molecule has 208 valence electrons. The summed E-state index contributed by atoms with van der Waals surface area (Å²) in [6, 6.07) is 18.8. The number of para-hydroxylation sites is 1. The Morgan fingerprint density at radius 2 is 1.65 bits per heavy atom. The monoisotopic (exact) mass is 598 g/mol. The first-order chi connectivity index (χ1) is 19.1. The lowest BCUT2D eigenvalue weighted by Gasteiger charge is -2.33. The molecule has 0 bridgehead atoms. The van der Waals surface area contributed by atoms with Gasteiger partial charge in [0.15, 0.2) is 11.9 Å². The second kappa shape index (κ2) is 11.4. The summed E-state index contributed by atoms with van der Waals surface area (Å²) in [5.41, 5.74) is 1.62. The average Bonchev–Trinajstić information content (AvgIpc) is 2.95. The molecule has 0 N–H and O–H groups in total. The topological polar surface area (TPSA) is 101 Å². The number of Topliss-reactive ketones (excluding diaryl/α,β-unsaturated/α-hetero) is 1. The third-order valence-corrected chi connectivity index (χ3v) is 10.3. The highest BCUT2D eigenvalue weighted by Gasteiger charge is 2.36. The number of rotatable bonds is 6. The van der Waals surface area contributed by atoms with Crippen molar-refractivity contribution in [2.75, 3.05) is 18.0 Å². The van der Waals surface area contributed by atoms with E-state index in [4.69, 9.17) is 16.3 Å². The Hall–Kier alpha value is -3.18. The number of fused-ring (bicyclic) bond motifs is 2. The van der Waals surface area contributed by atoms with Crippen molar-refractivity contribution in [3.8, 4) is 0 Å². The zero-order valence-electron chi connectivity index (χ0n) is 21.9. The van der Waals surface area contributed by atoms with Crippen molar-refractivity contribution >= 4 is 62.4 Å². The van der Waals surface area contributed by atoms with Gasteiger partial charge < -0.3 is 4.74 Å². The van der Waals surface area contributed by atoms with Gasteiger partial charge in [0.05, 0.1) is 22.2 Å². The van der Waals surface area contributed by atoms with Crippen molar-refractivity contribution in [3.63, 3.8) is 0 Å². The molecule has 0 radical (unpaired) electrons. The predicted molar refractivity (Wildman–Crippen MR) is 153 cm³/mol. The number of ether oxygens (including phenoxy) is 1. The second-order valence-electron chi connectivity index (χ2n) is 9.70. The number of piperidine rings is 1. The van der Waals surface area contributed by atoms with Gasteiger partial charge in [0.1, 0.15) is 0 Å². The number of ketones is 1. The molecule has 3 aromatic rings. The van der Waals surface area contributed by atoms with Crippen LogP contribution in [0.1, 0.15) is 37.0 Å². The molecule has 0 aromatic heterocycles. The molecule has 2 heterocycles. The number of hydrogen-bond donors (Lipinski definition) is 0. The van der Waals surface area contributed by atoms with E-state index in [-0.39, 0.29) is 36.6 Å². The molecule has 0 aliphatic carbocycles. The van der Waals surface area contributed by atoms with Crippen LogP contribution in [-0.4, -0.2) is 49.6 Å². The Morgan fingerprint density at radius 3 is 2.38 bits per heavy atom. The molecule has 5 rings (SSSR count). The summed E-state index contributed by atoms with van der Waals surface area (Å²) in [6.07, 6.45) is -0.563. The summed E-state index contributed by atoms with van der Waals surface area (Å²) in [4.78, 5) is 41.7. The van der Waals surface area contributed by atoms with E-state index in [0.29, 0.717) is 22.0 Å².